The van der Waals surface area contributed by atoms with Crippen molar-refractivity contribution in [2.24, 2.45) is 0 Å². The maximum atomic E-state index is 11.7. The highest BCUT2D eigenvalue weighted by Gasteiger charge is 2.17. The third kappa shape index (κ3) is 14.4. The molecule has 10 heteroatoms. The fraction of sp³-hybridized carbons (Fsp3) is 0.562. The molecule has 0 unspecified atom stereocenters. The molecule has 2 heterocycles. The van der Waals surface area contributed by atoms with E-state index in [1.165, 1.54) is 18.0 Å². The lowest BCUT2D eigenvalue weighted by Crippen LogP contribution is -2.38. The van der Waals surface area contributed by atoms with E-state index in [4.69, 9.17) is 13.7 Å². The third-order valence-corrected chi connectivity index (χ3v) is 6.58. The van der Waals surface area contributed by atoms with E-state index < -0.39 is 44.2 Å². The number of hydrogen-bond acceptors (Lipinski definition) is 8. The Kier molecular flexibility index (Phi) is 11.6. The summed E-state index contributed by atoms with van der Waals surface area (Å²) >= 11 is 0. The van der Waals surface area contributed by atoms with Gasteiger partial charge in [0, 0.05) is 28.2 Å². The van der Waals surface area contributed by atoms with Gasteiger partial charge in [-0.15, -0.1) is 36.4 Å². The molecule has 0 saturated heterocycles. The quantitative estimate of drug-likeness (QED) is 0.146. The molecule has 0 fully saturated rings. The first kappa shape index (κ1) is 23.0. The second-order valence-corrected chi connectivity index (χ2v) is 9.81. The van der Waals surface area contributed by atoms with E-state index in [0.717, 1.165) is 29.8 Å². The second kappa shape index (κ2) is 21.2. The molecule has 10 nitrogen and oxygen atoms in total. The Morgan fingerprint density at radius 1 is 0.905 bits per heavy atom. The average Bonchev–Trinajstić information content (AvgIpc) is 3.75. The number of carbonyl (C=O) groups is 2. The number of Topliss-reactive ketones (excluding diaryl/α,β-unsaturated/α-hetero) is 2. The van der Waals surface area contributed by atoms with E-state index >= 15 is 0 Å². The summed E-state index contributed by atoms with van der Waals surface area (Å²) in [6.07, 6.45) is 10.9. The number of ketones is 2. The molecule has 0 aliphatic carbocycles. The minimum Gasteiger partial charge on any atom is -0.298 e. The van der Waals surface area contributed by atoms with Gasteiger partial charge in [-0.2, -0.15) is 0 Å². The molecule has 2 atom stereocenters. The van der Waals surface area contributed by atoms with E-state index in [2.05, 4.69) is 33.8 Å². The molecule has 0 amide bonds. The highest BCUT2D eigenvalue weighted by Crippen LogP contribution is 2.08. The summed E-state index contributed by atoms with van der Waals surface area (Å²) in [5.41, 5.74) is 1.40. The van der Waals surface area contributed by atoms with Gasteiger partial charge in [-0.3, -0.25) is 19.4 Å². The fourth-order valence-corrected chi connectivity index (χ4v) is 3.91. The summed E-state index contributed by atoms with van der Waals surface area (Å²) in [5, 5.41) is 15.6. The van der Waals surface area contributed by atoms with Crippen LogP contribution in [0.2, 0.25) is 0 Å². The Hall–Kier alpha value is -3.50. The van der Waals surface area contributed by atoms with Crippen LogP contribution in [0.3, 0.4) is 0 Å². The molecule has 0 saturated carbocycles. The van der Waals surface area contributed by atoms with Crippen LogP contribution < -0.4 is 0 Å². The van der Waals surface area contributed by atoms with Crippen molar-refractivity contribution in [3.63, 3.8) is 0 Å². The van der Waals surface area contributed by atoms with Crippen molar-refractivity contribution in [2.75, 3.05) is 26.1 Å². The molecule has 2 aromatic rings. The molecule has 0 aliphatic rings. The predicted molar refractivity (Wildman–Crippen MR) is 170 cm³/mol. The first-order valence-electron chi connectivity index (χ1n) is 19.0. The average molecular weight is 591 g/mol. The van der Waals surface area contributed by atoms with E-state index in [0.29, 0.717) is 44.5 Å². The van der Waals surface area contributed by atoms with Crippen LogP contribution in [0.5, 0.6) is 0 Å². The molecule has 42 heavy (non-hydrogen) atoms. The lowest BCUT2D eigenvalue weighted by atomic mass is 10.1. The molecular formula is C32H52N8O2. The smallest absolute Gasteiger partial charge is 0.146 e. The van der Waals surface area contributed by atoms with Gasteiger partial charge >= 0.3 is 0 Å². The number of carbonyl (C=O) groups excluding carboxylic acids is 2. The number of aryl methyl sites for hydroxylation is 2. The van der Waals surface area contributed by atoms with Crippen LogP contribution in [0.15, 0.2) is 62.9 Å². The highest BCUT2D eigenvalue weighted by molar-refractivity contribution is 5.81. The molecule has 0 bridgehead atoms. The topological polar surface area (TPSA) is 102 Å². The molecule has 0 aromatic carbocycles. The predicted octanol–water partition coefficient (Wildman–Crippen LogP) is 4.50. The van der Waals surface area contributed by atoms with Gasteiger partial charge in [0.25, 0.3) is 0 Å². The third-order valence-electron chi connectivity index (χ3n) is 6.58. The number of nitrogens with zero attached hydrogens (tertiary/aromatic N) is 8. The maximum absolute atomic E-state index is 11.7. The molecule has 0 N–H and O–H groups in total. The van der Waals surface area contributed by atoms with E-state index in [-0.39, 0.29) is 24.2 Å². The Bertz CT molecular complexity index is 1530. The van der Waals surface area contributed by atoms with Gasteiger partial charge in [-0.1, -0.05) is 34.7 Å². The van der Waals surface area contributed by atoms with Crippen molar-refractivity contribution in [1.82, 2.24) is 39.8 Å². The van der Waals surface area contributed by atoms with Crippen LogP contribution in [0.4, 0.5) is 0 Å². The number of rotatable bonds is 22. The monoisotopic (exact) mass is 590 g/mol. The zero-order chi connectivity index (χ0) is 39.8. The Morgan fingerprint density at radius 2 is 1.45 bits per heavy atom. The van der Waals surface area contributed by atoms with Crippen molar-refractivity contribution >= 4 is 11.6 Å². The van der Waals surface area contributed by atoms with Crippen LogP contribution in [0, 0.1) is 0 Å². The van der Waals surface area contributed by atoms with Gasteiger partial charge in [0.2, 0.25) is 0 Å². The maximum Gasteiger partial charge on any atom is 0.146 e. The fourth-order valence-electron chi connectivity index (χ4n) is 3.91. The van der Waals surface area contributed by atoms with Gasteiger partial charge < -0.3 is 0 Å². The summed E-state index contributed by atoms with van der Waals surface area (Å²) in [5.74, 6) is -0.120. The first-order valence-corrected chi connectivity index (χ1v) is 14.0. The molecular weight excluding hydrogens is 528 g/mol. The van der Waals surface area contributed by atoms with Crippen molar-refractivity contribution in [3.05, 3.63) is 74.3 Å². The molecule has 232 valence electrons. The van der Waals surface area contributed by atoms with Crippen LogP contribution in [-0.4, -0.2) is 89.6 Å². The van der Waals surface area contributed by atoms with Gasteiger partial charge in [0.1, 0.15) is 11.6 Å². The molecule has 0 radical (unpaired) electrons. The molecule has 2 rings (SSSR count). The summed E-state index contributed by atoms with van der Waals surface area (Å²) in [7, 11) is 0. The lowest BCUT2D eigenvalue weighted by Gasteiger charge is -2.25. The van der Waals surface area contributed by atoms with Crippen LogP contribution >= 0.6 is 0 Å². The van der Waals surface area contributed by atoms with Crippen molar-refractivity contribution in [2.45, 2.75) is 91.3 Å². The van der Waals surface area contributed by atoms with Crippen molar-refractivity contribution < 1.29 is 23.3 Å². The second-order valence-electron chi connectivity index (χ2n) is 9.81. The van der Waals surface area contributed by atoms with Gasteiger partial charge in [-0.25, -0.2) is 9.36 Å². The van der Waals surface area contributed by atoms with Crippen molar-refractivity contribution in [1.29, 1.82) is 0 Å². The summed E-state index contributed by atoms with van der Waals surface area (Å²) in [4.78, 5) is 26.6. The summed E-state index contributed by atoms with van der Waals surface area (Å²) in [6.45, 7) is 9.40. The zero-order valence-corrected chi connectivity index (χ0v) is 25.3. The largest absolute Gasteiger partial charge is 0.298 e. The standard InChI is InChI=1S/2C16H26N4O/c2*1-5-10-19(14(3)15(4)21)12-8-7-9-16-13-20(11-6-2)18-17-16/h2*5-6,13-14H,1-2,7-12H2,3-4H3/t2*14-/m00/s1/i2D2,6D,11D2;1D2,5D,10D2. The lowest BCUT2D eigenvalue weighted by molar-refractivity contribution is -0.122. The van der Waals surface area contributed by atoms with E-state index in [1.807, 2.05) is 18.0 Å². The zero-order valence-electron chi connectivity index (χ0n) is 35.3. The number of unbranched alkanes of at least 4 members (excludes halogenated alkanes) is 2. The van der Waals surface area contributed by atoms with Crippen LogP contribution in [0.25, 0.3) is 0 Å². The Morgan fingerprint density at radius 3 is 2.00 bits per heavy atom. The molecule has 0 aliphatic heterocycles. The number of allylic oxidation sites excluding steroid dienone is 2. The Balaban J connectivity index is 0.000000520. The minimum absolute atomic E-state index is 0.111. The highest BCUT2D eigenvalue weighted by atomic mass is 16.1. The van der Waals surface area contributed by atoms with Gasteiger partial charge in [0.15, 0.2) is 0 Å². The molecule has 0 spiro atoms. The van der Waals surface area contributed by atoms with E-state index in [9.17, 15) is 9.59 Å². The van der Waals surface area contributed by atoms with Gasteiger partial charge in [-0.05, 0) is 79.3 Å². The van der Waals surface area contributed by atoms with E-state index in [1.54, 1.807) is 30.7 Å². The summed E-state index contributed by atoms with van der Waals surface area (Å²) in [6, 6.07) is -2.43. The normalized spacial score (nSPS) is 16.2. The summed E-state index contributed by atoms with van der Waals surface area (Å²) < 4.78 is 78.2. The first-order chi connectivity index (χ1) is 24.2. The molecule has 2 aromatic heterocycles. The van der Waals surface area contributed by atoms with Crippen molar-refractivity contribution in [3.8, 4) is 0 Å². The Labute approximate surface area is 266 Å². The van der Waals surface area contributed by atoms with Crippen LogP contribution in [-0.2, 0) is 35.5 Å². The SMILES string of the molecule is [2H]C([2H])=C([2H])C([2H])([2H])N(CCCCc1cn(CC=C)nn1)[C@@H](C)C(C)=O.[2H]C([2H])=C([2H])C([2H])([2H])n1cc(CCCCN(CC=C)[C@@H](C)C(C)=O)nn1. The van der Waals surface area contributed by atoms with Crippen LogP contribution in [0.1, 0.15) is 78.5 Å². The number of aromatic nitrogens is 6. The minimum atomic E-state index is -2.37. The number of hydrogen-bond donors (Lipinski definition) is 0. The van der Waals surface area contributed by atoms with Gasteiger partial charge in [0.05, 0.1) is 47.5 Å².